The normalized spacial score (nSPS) is 13.0. The lowest BCUT2D eigenvalue weighted by Gasteiger charge is -2.14. The molecule has 0 aliphatic carbocycles. The molecule has 3 nitrogen and oxygen atoms in total. The van der Waals surface area contributed by atoms with Gasteiger partial charge < -0.3 is 0 Å². The van der Waals surface area contributed by atoms with Crippen LogP contribution in [0.15, 0.2) is 66.7 Å². The standard InChI is InChI=1S/C28H28ClNO2/c1-2-3-4-5-6-7-8-20-9-11-21(12-10-20)22-13-16-24(17-14-22)30-27(31)25-18-15-23(29)19-26(25)28(30)32/h9-19H,2-8H2,1H3. The Morgan fingerprint density at radius 3 is 1.97 bits per heavy atom. The largest absolute Gasteiger partial charge is 0.268 e. The Morgan fingerprint density at radius 2 is 1.28 bits per heavy atom. The van der Waals surface area contributed by atoms with Crippen LogP contribution >= 0.6 is 11.6 Å². The van der Waals surface area contributed by atoms with Gasteiger partial charge in [-0.15, -0.1) is 0 Å². The molecule has 0 saturated heterocycles. The molecule has 32 heavy (non-hydrogen) atoms. The monoisotopic (exact) mass is 445 g/mol. The zero-order valence-corrected chi connectivity index (χ0v) is 19.2. The molecule has 164 valence electrons. The van der Waals surface area contributed by atoms with E-state index in [0.717, 1.165) is 17.5 Å². The molecule has 0 aromatic heterocycles. The summed E-state index contributed by atoms with van der Waals surface area (Å²) >= 11 is 6.00. The predicted octanol–water partition coefficient (Wildman–Crippen LogP) is 7.71. The third-order valence-electron chi connectivity index (χ3n) is 6.08. The smallest absolute Gasteiger partial charge is 0.266 e. The fourth-order valence-corrected chi connectivity index (χ4v) is 4.40. The summed E-state index contributed by atoms with van der Waals surface area (Å²) in [5.74, 6) is -0.646. The number of carbonyl (C=O) groups is 2. The van der Waals surface area contributed by atoms with Gasteiger partial charge in [0.05, 0.1) is 16.8 Å². The van der Waals surface area contributed by atoms with Crippen molar-refractivity contribution < 1.29 is 9.59 Å². The lowest BCUT2D eigenvalue weighted by molar-refractivity contribution is 0.0926. The van der Waals surface area contributed by atoms with E-state index in [1.165, 1.54) is 49.0 Å². The van der Waals surface area contributed by atoms with Crippen LogP contribution in [-0.4, -0.2) is 11.8 Å². The minimum Gasteiger partial charge on any atom is -0.268 e. The molecule has 0 fully saturated rings. The highest BCUT2D eigenvalue weighted by Gasteiger charge is 2.36. The molecule has 0 saturated carbocycles. The minimum atomic E-state index is -0.334. The van der Waals surface area contributed by atoms with Gasteiger partial charge in [-0.1, -0.05) is 87.0 Å². The molecule has 0 bridgehead atoms. The number of fused-ring (bicyclic) bond motifs is 1. The number of rotatable bonds is 9. The summed E-state index contributed by atoms with van der Waals surface area (Å²) in [4.78, 5) is 26.7. The Kier molecular flexibility index (Phi) is 7.06. The van der Waals surface area contributed by atoms with Gasteiger partial charge in [-0.2, -0.15) is 0 Å². The van der Waals surface area contributed by atoms with Crippen LogP contribution < -0.4 is 4.90 Å². The van der Waals surface area contributed by atoms with E-state index in [0.29, 0.717) is 21.8 Å². The highest BCUT2D eigenvalue weighted by atomic mass is 35.5. The van der Waals surface area contributed by atoms with Gasteiger partial charge in [0.1, 0.15) is 0 Å². The first kappa shape index (κ1) is 22.3. The summed E-state index contributed by atoms with van der Waals surface area (Å²) in [6, 6.07) is 21.0. The molecule has 2 amide bonds. The minimum absolute atomic E-state index is 0.312. The van der Waals surface area contributed by atoms with Crippen LogP contribution in [0, 0.1) is 0 Å². The summed E-state index contributed by atoms with van der Waals surface area (Å²) < 4.78 is 0. The topological polar surface area (TPSA) is 37.4 Å². The van der Waals surface area contributed by atoms with Crippen LogP contribution in [0.1, 0.15) is 71.7 Å². The average Bonchev–Trinajstić information content (AvgIpc) is 3.06. The zero-order valence-electron chi connectivity index (χ0n) is 18.4. The fraction of sp³-hybridized carbons (Fsp3) is 0.286. The van der Waals surface area contributed by atoms with Crippen LogP contribution in [-0.2, 0) is 6.42 Å². The highest BCUT2D eigenvalue weighted by Crippen LogP contribution is 2.31. The van der Waals surface area contributed by atoms with Gasteiger partial charge in [0.15, 0.2) is 0 Å². The van der Waals surface area contributed by atoms with Gasteiger partial charge in [0.25, 0.3) is 11.8 Å². The van der Waals surface area contributed by atoms with Crippen molar-refractivity contribution in [2.24, 2.45) is 0 Å². The lowest BCUT2D eigenvalue weighted by Crippen LogP contribution is -2.29. The van der Waals surface area contributed by atoms with Crippen molar-refractivity contribution in [2.45, 2.75) is 51.9 Å². The SMILES string of the molecule is CCCCCCCCc1ccc(-c2ccc(N3C(=O)c4ccc(Cl)cc4C3=O)cc2)cc1. The molecule has 3 aromatic carbocycles. The molecule has 0 spiro atoms. The third-order valence-corrected chi connectivity index (χ3v) is 6.32. The van der Waals surface area contributed by atoms with Crippen molar-refractivity contribution in [1.82, 2.24) is 0 Å². The van der Waals surface area contributed by atoms with Crippen LogP contribution in [0.5, 0.6) is 0 Å². The van der Waals surface area contributed by atoms with Crippen molar-refractivity contribution >= 4 is 29.1 Å². The Morgan fingerprint density at radius 1 is 0.688 bits per heavy atom. The van der Waals surface area contributed by atoms with Crippen LogP contribution in [0.2, 0.25) is 5.02 Å². The van der Waals surface area contributed by atoms with E-state index in [9.17, 15) is 9.59 Å². The maximum absolute atomic E-state index is 12.8. The molecule has 1 aliphatic rings. The van der Waals surface area contributed by atoms with Crippen molar-refractivity contribution in [2.75, 3.05) is 4.90 Å². The number of amides is 2. The quantitative estimate of drug-likeness (QED) is 0.250. The molecule has 1 heterocycles. The van der Waals surface area contributed by atoms with Gasteiger partial charge in [-0.25, -0.2) is 4.90 Å². The number of nitrogens with zero attached hydrogens (tertiary/aromatic N) is 1. The molecule has 0 unspecified atom stereocenters. The first-order chi connectivity index (χ1) is 15.6. The zero-order chi connectivity index (χ0) is 22.5. The van der Waals surface area contributed by atoms with Crippen molar-refractivity contribution in [3.05, 3.63) is 88.4 Å². The van der Waals surface area contributed by atoms with Crippen LogP contribution in [0.3, 0.4) is 0 Å². The Bertz CT molecular complexity index is 1100. The van der Waals surface area contributed by atoms with Crippen molar-refractivity contribution in [3.8, 4) is 11.1 Å². The van der Waals surface area contributed by atoms with Gasteiger partial charge in [-0.05, 0) is 59.9 Å². The number of hydrogen-bond donors (Lipinski definition) is 0. The van der Waals surface area contributed by atoms with E-state index in [-0.39, 0.29) is 11.8 Å². The Hall–Kier alpha value is -2.91. The van der Waals surface area contributed by atoms with Crippen molar-refractivity contribution in [1.29, 1.82) is 0 Å². The van der Waals surface area contributed by atoms with Gasteiger partial charge in [0, 0.05) is 5.02 Å². The molecular formula is C28H28ClNO2. The van der Waals surface area contributed by atoms with E-state index >= 15 is 0 Å². The number of unbranched alkanes of at least 4 members (excludes halogenated alkanes) is 5. The lowest BCUT2D eigenvalue weighted by atomic mass is 10.0. The molecule has 3 aromatic rings. The second kappa shape index (κ2) is 10.1. The molecule has 0 radical (unpaired) electrons. The number of anilines is 1. The molecule has 4 heteroatoms. The number of imide groups is 1. The number of halogens is 1. The van der Waals surface area contributed by atoms with Gasteiger partial charge >= 0.3 is 0 Å². The van der Waals surface area contributed by atoms with E-state index in [1.54, 1.807) is 18.2 Å². The second-order valence-corrected chi connectivity index (χ2v) is 8.83. The average molecular weight is 446 g/mol. The molecule has 0 N–H and O–H groups in total. The Labute approximate surface area is 195 Å². The van der Waals surface area contributed by atoms with E-state index < -0.39 is 0 Å². The third kappa shape index (κ3) is 4.78. The van der Waals surface area contributed by atoms with Crippen molar-refractivity contribution in [3.63, 3.8) is 0 Å². The summed E-state index contributed by atoms with van der Waals surface area (Å²) in [6.45, 7) is 2.25. The highest BCUT2D eigenvalue weighted by molar-refractivity contribution is 6.36. The number of benzene rings is 3. The number of carbonyl (C=O) groups excluding carboxylic acids is 2. The molecule has 0 atom stereocenters. The van der Waals surface area contributed by atoms with Gasteiger partial charge in [0.2, 0.25) is 0 Å². The molecule has 1 aliphatic heterocycles. The maximum atomic E-state index is 12.8. The van der Waals surface area contributed by atoms with E-state index in [4.69, 9.17) is 11.6 Å². The van der Waals surface area contributed by atoms with Crippen LogP contribution in [0.25, 0.3) is 11.1 Å². The second-order valence-electron chi connectivity index (χ2n) is 8.40. The summed E-state index contributed by atoms with van der Waals surface area (Å²) in [6.07, 6.45) is 8.97. The number of aryl methyl sites for hydroxylation is 1. The van der Waals surface area contributed by atoms with Crippen LogP contribution in [0.4, 0.5) is 5.69 Å². The summed E-state index contributed by atoms with van der Waals surface area (Å²) in [7, 11) is 0. The van der Waals surface area contributed by atoms with E-state index in [1.807, 2.05) is 24.3 Å². The molecular weight excluding hydrogens is 418 g/mol. The van der Waals surface area contributed by atoms with Gasteiger partial charge in [-0.3, -0.25) is 9.59 Å². The molecule has 4 rings (SSSR count). The predicted molar refractivity (Wildman–Crippen MR) is 132 cm³/mol. The maximum Gasteiger partial charge on any atom is 0.266 e. The summed E-state index contributed by atoms with van der Waals surface area (Å²) in [5.41, 5.74) is 4.86. The number of hydrogen-bond acceptors (Lipinski definition) is 2. The summed E-state index contributed by atoms with van der Waals surface area (Å²) in [5, 5.41) is 0.446. The fourth-order valence-electron chi connectivity index (χ4n) is 4.22. The Balaban J connectivity index is 1.40. The van der Waals surface area contributed by atoms with E-state index in [2.05, 4.69) is 31.2 Å². The first-order valence-corrected chi connectivity index (χ1v) is 11.8. The first-order valence-electron chi connectivity index (χ1n) is 11.5.